The summed E-state index contributed by atoms with van der Waals surface area (Å²) >= 11 is 0. The number of Topliss-reactive ketones (excluding diaryl/α,β-unsaturated/α-hetero) is 1. The maximum absolute atomic E-state index is 12.5. The molecule has 0 unspecified atom stereocenters. The van der Waals surface area contributed by atoms with Crippen molar-refractivity contribution in [2.75, 3.05) is 0 Å². The van der Waals surface area contributed by atoms with Gasteiger partial charge in [0.1, 0.15) is 0 Å². The topological polar surface area (TPSA) is 22.0 Å². The van der Waals surface area contributed by atoms with E-state index in [1.807, 2.05) is 24.3 Å². The van der Waals surface area contributed by atoms with E-state index in [4.69, 9.17) is 0 Å². The Balaban J connectivity index is 2.02. The van der Waals surface area contributed by atoms with E-state index < -0.39 is 0 Å². The van der Waals surface area contributed by atoms with E-state index in [1.165, 1.54) is 11.4 Å². The summed E-state index contributed by atoms with van der Waals surface area (Å²) in [5.41, 5.74) is 6.56. The number of hydrogen-bond donors (Lipinski definition) is 0. The van der Waals surface area contributed by atoms with E-state index in [0.717, 1.165) is 28.7 Å². The van der Waals surface area contributed by atoms with Gasteiger partial charge < -0.3 is 4.57 Å². The van der Waals surface area contributed by atoms with Gasteiger partial charge in [-0.2, -0.15) is 0 Å². The number of rotatable bonds is 2. The smallest absolute Gasteiger partial charge is 0.189 e. The van der Waals surface area contributed by atoms with E-state index in [2.05, 4.69) is 44.4 Å². The number of allylic oxidation sites excluding steroid dienone is 1. The lowest BCUT2D eigenvalue weighted by molar-refractivity contribution is 0.104. The van der Waals surface area contributed by atoms with E-state index in [1.54, 1.807) is 0 Å². The van der Waals surface area contributed by atoms with E-state index in [-0.39, 0.29) is 5.78 Å². The minimum absolute atomic E-state index is 0.181. The Morgan fingerprint density at radius 3 is 2.52 bits per heavy atom. The quantitative estimate of drug-likeness (QED) is 0.741. The summed E-state index contributed by atoms with van der Waals surface area (Å²) in [6, 6.07) is 10.5. The number of aryl methyl sites for hydroxylation is 1. The van der Waals surface area contributed by atoms with Crippen LogP contribution in [0.4, 0.5) is 0 Å². The predicted molar refractivity (Wildman–Crippen MR) is 86.7 cm³/mol. The lowest BCUT2D eigenvalue weighted by Crippen LogP contribution is -2.04. The number of aromatic nitrogens is 1. The third kappa shape index (κ3) is 2.25. The molecule has 0 saturated heterocycles. The van der Waals surface area contributed by atoms with Gasteiger partial charge in [-0.25, -0.2) is 0 Å². The number of hydrogen-bond acceptors (Lipinski definition) is 1. The van der Waals surface area contributed by atoms with E-state index >= 15 is 0 Å². The second kappa shape index (κ2) is 5.03. The Kier molecular flexibility index (Phi) is 3.32. The van der Waals surface area contributed by atoms with Gasteiger partial charge in [-0.15, -0.1) is 0 Å². The van der Waals surface area contributed by atoms with Crippen LogP contribution < -0.4 is 0 Å². The first-order valence-corrected chi connectivity index (χ1v) is 7.50. The molecule has 2 aromatic rings. The number of nitrogens with zero attached hydrogens (tertiary/aromatic N) is 1. The zero-order valence-corrected chi connectivity index (χ0v) is 13.1. The zero-order chi connectivity index (χ0) is 15.1. The lowest BCUT2D eigenvalue weighted by atomic mass is 10.1. The van der Waals surface area contributed by atoms with Crippen LogP contribution in [0.2, 0.25) is 0 Å². The highest BCUT2D eigenvalue weighted by molar-refractivity contribution is 6.15. The Hall–Kier alpha value is -2.09. The van der Waals surface area contributed by atoms with Gasteiger partial charge in [-0.05, 0) is 51.0 Å². The van der Waals surface area contributed by atoms with Gasteiger partial charge in [0.15, 0.2) is 5.78 Å². The van der Waals surface area contributed by atoms with Crippen molar-refractivity contribution >= 4 is 11.9 Å². The zero-order valence-electron chi connectivity index (χ0n) is 13.1. The molecule has 1 aliphatic carbocycles. The highest BCUT2D eigenvalue weighted by Gasteiger charge is 2.24. The van der Waals surface area contributed by atoms with Gasteiger partial charge in [0.25, 0.3) is 0 Å². The number of carbonyl (C=O) groups excluding carboxylic acids is 1. The van der Waals surface area contributed by atoms with E-state index in [0.29, 0.717) is 6.04 Å². The van der Waals surface area contributed by atoms with Crippen molar-refractivity contribution in [2.45, 2.75) is 40.2 Å². The van der Waals surface area contributed by atoms with Crippen molar-refractivity contribution in [3.05, 3.63) is 64.0 Å². The predicted octanol–water partition coefficient (Wildman–Crippen LogP) is 4.51. The summed E-state index contributed by atoms with van der Waals surface area (Å²) in [6.45, 7) is 8.63. The Morgan fingerprint density at radius 2 is 1.90 bits per heavy atom. The number of carbonyl (C=O) groups is 1. The molecule has 1 aliphatic rings. The minimum Gasteiger partial charge on any atom is -0.346 e. The minimum atomic E-state index is 0.181. The van der Waals surface area contributed by atoms with Crippen molar-refractivity contribution in [1.82, 2.24) is 4.57 Å². The first-order chi connectivity index (χ1) is 9.99. The molecule has 2 heteroatoms. The molecule has 1 aromatic carbocycles. The van der Waals surface area contributed by atoms with Gasteiger partial charge in [0.05, 0.1) is 0 Å². The Bertz CT molecular complexity index is 747. The van der Waals surface area contributed by atoms with Gasteiger partial charge in [-0.3, -0.25) is 4.79 Å². The van der Waals surface area contributed by atoms with Gasteiger partial charge in [0.2, 0.25) is 0 Å². The summed E-state index contributed by atoms with van der Waals surface area (Å²) in [6.07, 6.45) is 2.82. The first kappa shape index (κ1) is 13.9. The second-order valence-electron chi connectivity index (χ2n) is 6.12. The van der Waals surface area contributed by atoms with Crippen molar-refractivity contribution < 1.29 is 4.79 Å². The molecule has 108 valence electrons. The average molecular weight is 279 g/mol. The maximum atomic E-state index is 12.5. The molecule has 0 amide bonds. The van der Waals surface area contributed by atoms with Crippen LogP contribution in [-0.2, 0) is 6.42 Å². The molecule has 0 bridgehead atoms. The Labute approximate surface area is 126 Å². The van der Waals surface area contributed by atoms with Crippen LogP contribution >= 0.6 is 0 Å². The number of ketones is 1. The lowest BCUT2D eigenvalue weighted by Gasteiger charge is -2.13. The highest BCUT2D eigenvalue weighted by atomic mass is 16.1. The largest absolute Gasteiger partial charge is 0.346 e. The molecule has 2 nitrogen and oxygen atoms in total. The van der Waals surface area contributed by atoms with Gasteiger partial charge in [0, 0.05) is 35.0 Å². The van der Waals surface area contributed by atoms with Crippen molar-refractivity contribution in [2.24, 2.45) is 0 Å². The van der Waals surface area contributed by atoms with Crippen LogP contribution in [0.3, 0.4) is 0 Å². The van der Waals surface area contributed by atoms with Crippen LogP contribution in [0.25, 0.3) is 6.08 Å². The van der Waals surface area contributed by atoms with Crippen LogP contribution in [0.5, 0.6) is 0 Å². The molecule has 0 radical (unpaired) electrons. The molecule has 3 rings (SSSR count). The molecule has 21 heavy (non-hydrogen) atoms. The van der Waals surface area contributed by atoms with Gasteiger partial charge in [-0.1, -0.05) is 24.3 Å². The summed E-state index contributed by atoms with van der Waals surface area (Å²) in [5.74, 6) is 0.181. The molecule has 0 saturated carbocycles. The monoisotopic (exact) mass is 279 g/mol. The van der Waals surface area contributed by atoms with Crippen LogP contribution in [0.15, 0.2) is 35.9 Å². The summed E-state index contributed by atoms with van der Waals surface area (Å²) in [4.78, 5) is 12.5. The fourth-order valence-electron chi connectivity index (χ4n) is 3.40. The second-order valence-corrected chi connectivity index (χ2v) is 6.12. The van der Waals surface area contributed by atoms with Crippen molar-refractivity contribution in [3.63, 3.8) is 0 Å². The molecular weight excluding hydrogens is 258 g/mol. The first-order valence-electron chi connectivity index (χ1n) is 7.50. The maximum Gasteiger partial charge on any atom is 0.189 e. The van der Waals surface area contributed by atoms with Crippen LogP contribution in [-0.4, -0.2) is 10.4 Å². The third-order valence-electron chi connectivity index (χ3n) is 4.30. The fraction of sp³-hybridized carbons (Fsp3) is 0.316. The molecule has 0 spiro atoms. The van der Waals surface area contributed by atoms with Gasteiger partial charge >= 0.3 is 0 Å². The summed E-state index contributed by atoms with van der Waals surface area (Å²) < 4.78 is 2.32. The standard InChI is InChI=1S/C19H21NO/c1-12(2)20-13(3)9-16(14(20)4)11-17-10-15-7-5-6-8-18(15)19(17)21/h5-9,11-12H,10H2,1-4H3/b17-11+. The van der Waals surface area contributed by atoms with E-state index in [9.17, 15) is 4.79 Å². The van der Waals surface area contributed by atoms with Crippen molar-refractivity contribution in [3.8, 4) is 0 Å². The SMILES string of the molecule is Cc1cc(/C=C2\Cc3ccccc3C2=O)c(C)n1C(C)C. The van der Waals surface area contributed by atoms with Crippen molar-refractivity contribution in [1.29, 1.82) is 0 Å². The molecule has 0 atom stereocenters. The highest BCUT2D eigenvalue weighted by Crippen LogP contribution is 2.29. The summed E-state index contributed by atoms with van der Waals surface area (Å²) in [5, 5.41) is 0. The third-order valence-corrected chi connectivity index (χ3v) is 4.30. The average Bonchev–Trinajstić information content (AvgIpc) is 2.89. The molecule has 0 fully saturated rings. The normalized spacial score (nSPS) is 16.0. The van der Waals surface area contributed by atoms with Crippen LogP contribution in [0, 0.1) is 13.8 Å². The number of fused-ring (bicyclic) bond motifs is 1. The molecule has 1 aromatic heterocycles. The molecule has 1 heterocycles. The van der Waals surface area contributed by atoms with Crippen LogP contribution in [0.1, 0.15) is 52.8 Å². The summed E-state index contributed by atoms with van der Waals surface area (Å²) in [7, 11) is 0. The Morgan fingerprint density at radius 1 is 1.19 bits per heavy atom. The molecule has 0 N–H and O–H groups in total. The molecular formula is C19H21NO. The fourth-order valence-corrected chi connectivity index (χ4v) is 3.40. The number of benzene rings is 1. The molecule has 0 aliphatic heterocycles.